The monoisotopic (exact) mass is 471 g/mol. The minimum atomic E-state index is -0.596. The number of amides is 1. The first-order chi connectivity index (χ1) is 16.8. The van der Waals surface area contributed by atoms with Crippen LogP contribution >= 0.6 is 0 Å². The number of ether oxygens (including phenoxy) is 1. The summed E-state index contributed by atoms with van der Waals surface area (Å²) in [7, 11) is 0. The largest absolute Gasteiger partial charge is 0.459 e. The lowest BCUT2D eigenvalue weighted by atomic mass is 10.1. The number of benzene rings is 2. The highest BCUT2D eigenvalue weighted by Gasteiger charge is 2.15. The quantitative estimate of drug-likeness (QED) is 0.288. The molecule has 2 heterocycles. The third-order valence-electron chi connectivity index (χ3n) is 5.87. The number of para-hydroxylation sites is 1. The molecule has 35 heavy (non-hydrogen) atoms. The van der Waals surface area contributed by atoms with Crippen LogP contribution in [-0.2, 0) is 20.9 Å². The maximum Gasteiger partial charge on any atom is 0.331 e. The van der Waals surface area contributed by atoms with Gasteiger partial charge in [-0.05, 0) is 51.5 Å². The highest BCUT2D eigenvalue weighted by atomic mass is 16.5. The molecule has 0 aliphatic carbocycles. The number of carbonyl (C=O) groups excluding carboxylic acids is 2. The molecule has 4 rings (SSSR count). The van der Waals surface area contributed by atoms with Crippen LogP contribution in [0.5, 0.6) is 0 Å². The first-order valence-corrected chi connectivity index (χ1v) is 11.5. The van der Waals surface area contributed by atoms with Crippen molar-refractivity contribution in [2.24, 2.45) is 0 Å². The summed E-state index contributed by atoms with van der Waals surface area (Å²) in [6.45, 7) is 8.01. The number of nitrogens with one attached hydrogen (secondary N) is 1. The first-order valence-electron chi connectivity index (χ1n) is 11.5. The van der Waals surface area contributed by atoms with E-state index >= 15 is 0 Å². The number of aryl methyl sites for hydroxylation is 2. The van der Waals surface area contributed by atoms with Crippen molar-refractivity contribution in [3.8, 4) is 0 Å². The van der Waals surface area contributed by atoms with Crippen LogP contribution in [0, 0.1) is 20.8 Å². The Bertz CT molecular complexity index is 1350. The van der Waals surface area contributed by atoms with E-state index in [0.29, 0.717) is 12.3 Å². The second kappa shape index (κ2) is 10.4. The van der Waals surface area contributed by atoms with E-state index in [1.54, 1.807) is 6.08 Å². The minimum Gasteiger partial charge on any atom is -0.459 e. The molecule has 0 aliphatic heterocycles. The highest BCUT2D eigenvalue weighted by Crippen LogP contribution is 2.23. The summed E-state index contributed by atoms with van der Waals surface area (Å²) in [6.07, 6.45) is 3.00. The van der Waals surface area contributed by atoms with E-state index in [0.717, 1.165) is 33.5 Å². The third kappa shape index (κ3) is 5.87. The van der Waals surface area contributed by atoms with E-state index in [-0.39, 0.29) is 12.6 Å². The number of carbonyl (C=O) groups is 2. The lowest BCUT2D eigenvalue weighted by Gasteiger charge is -2.11. The van der Waals surface area contributed by atoms with E-state index in [4.69, 9.17) is 9.15 Å². The van der Waals surface area contributed by atoms with Gasteiger partial charge in [-0.2, -0.15) is 5.10 Å². The molecule has 4 aromatic rings. The fourth-order valence-corrected chi connectivity index (χ4v) is 3.88. The van der Waals surface area contributed by atoms with Gasteiger partial charge < -0.3 is 14.5 Å². The van der Waals surface area contributed by atoms with Crippen molar-refractivity contribution in [3.63, 3.8) is 0 Å². The molecule has 2 aromatic heterocycles. The Hall–Kier alpha value is -4.13. The van der Waals surface area contributed by atoms with Gasteiger partial charge in [0, 0.05) is 22.7 Å². The van der Waals surface area contributed by atoms with Gasteiger partial charge in [-0.15, -0.1) is 0 Å². The van der Waals surface area contributed by atoms with Gasteiger partial charge in [-0.3, -0.25) is 9.48 Å². The molecule has 1 atom stereocenters. The van der Waals surface area contributed by atoms with Crippen molar-refractivity contribution in [1.29, 1.82) is 0 Å². The Morgan fingerprint density at radius 3 is 2.60 bits per heavy atom. The highest BCUT2D eigenvalue weighted by molar-refractivity contribution is 5.89. The van der Waals surface area contributed by atoms with Crippen LogP contribution in [0.4, 0.5) is 0 Å². The summed E-state index contributed by atoms with van der Waals surface area (Å²) in [5, 5.41) is 8.35. The summed E-state index contributed by atoms with van der Waals surface area (Å²) < 4.78 is 12.8. The van der Waals surface area contributed by atoms with Crippen molar-refractivity contribution < 1.29 is 18.7 Å². The number of nitrogens with zero attached hydrogens (tertiary/aromatic N) is 2. The average molecular weight is 472 g/mol. The minimum absolute atomic E-state index is 0.353. The lowest BCUT2D eigenvalue weighted by molar-refractivity contribution is -0.144. The summed E-state index contributed by atoms with van der Waals surface area (Å²) in [5.41, 5.74) is 5.74. The van der Waals surface area contributed by atoms with Crippen molar-refractivity contribution >= 4 is 28.9 Å². The van der Waals surface area contributed by atoms with Crippen LogP contribution in [0.1, 0.15) is 46.8 Å². The molecule has 0 radical (unpaired) electrons. The number of esters is 1. The predicted molar refractivity (Wildman–Crippen MR) is 135 cm³/mol. The molecular formula is C28H29N3O4. The number of hydrogen-bond acceptors (Lipinski definition) is 5. The summed E-state index contributed by atoms with van der Waals surface area (Å²) in [4.78, 5) is 24.5. The summed E-state index contributed by atoms with van der Waals surface area (Å²) in [5.74, 6) is -0.362. The van der Waals surface area contributed by atoms with Gasteiger partial charge in [0.25, 0.3) is 5.91 Å². The van der Waals surface area contributed by atoms with E-state index in [1.807, 2.05) is 55.8 Å². The van der Waals surface area contributed by atoms with Gasteiger partial charge in [0.1, 0.15) is 11.3 Å². The molecule has 0 bridgehead atoms. The zero-order valence-electron chi connectivity index (χ0n) is 20.4. The van der Waals surface area contributed by atoms with Crippen molar-refractivity contribution in [2.75, 3.05) is 6.61 Å². The molecule has 1 unspecified atom stereocenters. The van der Waals surface area contributed by atoms with Gasteiger partial charge in [0.05, 0.1) is 18.3 Å². The van der Waals surface area contributed by atoms with Crippen molar-refractivity contribution in [1.82, 2.24) is 15.1 Å². The Labute approximate surface area is 204 Å². The van der Waals surface area contributed by atoms with Crippen LogP contribution in [0.15, 0.2) is 65.1 Å². The fourth-order valence-electron chi connectivity index (χ4n) is 3.88. The Morgan fingerprint density at radius 1 is 1.11 bits per heavy atom. The normalized spacial score (nSPS) is 12.2. The number of fused-ring (bicyclic) bond motifs is 1. The molecule has 180 valence electrons. The van der Waals surface area contributed by atoms with Crippen molar-refractivity contribution in [2.45, 2.75) is 40.3 Å². The van der Waals surface area contributed by atoms with Crippen molar-refractivity contribution in [3.05, 3.63) is 94.5 Å². The zero-order valence-corrected chi connectivity index (χ0v) is 20.4. The summed E-state index contributed by atoms with van der Waals surface area (Å²) >= 11 is 0. The van der Waals surface area contributed by atoms with Gasteiger partial charge >= 0.3 is 5.97 Å². The number of aromatic nitrogens is 2. The zero-order chi connectivity index (χ0) is 24.9. The molecule has 0 saturated heterocycles. The third-order valence-corrected chi connectivity index (χ3v) is 5.87. The van der Waals surface area contributed by atoms with Crippen LogP contribution in [0.2, 0.25) is 0 Å². The van der Waals surface area contributed by atoms with Crippen LogP contribution in [-0.4, -0.2) is 28.3 Å². The second-order valence-corrected chi connectivity index (χ2v) is 8.64. The maximum absolute atomic E-state index is 12.3. The van der Waals surface area contributed by atoms with E-state index in [1.165, 1.54) is 11.6 Å². The molecule has 1 N–H and O–H groups in total. The number of hydrogen-bond donors (Lipinski definition) is 1. The van der Waals surface area contributed by atoms with Crippen LogP contribution < -0.4 is 5.32 Å². The SMILES string of the molecule is Cc1ccc(Cn2nc(C)c(/C=C/C(=O)OCC(=O)NC(C)c3cc4ccccc4o3)c2C)cc1. The Balaban J connectivity index is 1.30. The molecule has 1 amide bonds. The van der Waals surface area contributed by atoms with Gasteiger partial charge in [0.2, 0.25) is 0 Å². The summed E-state index contributed by atoms with van der Waals surface area (Å²) in [6, 6.07) is 17.5. The molecule has 0 saturated carbocycles. The van der Waals surface area contributed by atoms with E-state index < -0.39 is 11.9 Å². The van der Waals surface area contributed by atoms with E-state index in [2.05, 4.69) is 41.6 Å². The molecular weight excluding hydrogens is 442 g/mol. The lowest BCUT2D eigenvalue weighted by Crippen LogP contribution is -2.30. The molecule has 0 fully saturated rings. The Kier molecular flexibility index (Phi) is 7.15. The van der Waals surface area contributed by atoms with Gasteiger partial charge in [-0.1, -0.05) is 48.0 Å². The topological polar surface area (TPSA) is 86.4 Å². The second-order valence-electron chi connectivity index (χ2n) is 8.64. The standard InChI is InChI=1S/C28H29N3O4/c1-18-9-11-22(12-10-18)16-31-21(4)24(19(2)30-31)13-14-28(33)34-17-27(32)29-20(3)26-15-23-7-5-6-8-25(23)35-26/h5-15,20H,16-17H2,1-4H3,(H,29,32)/b14-13+. The maximum atomic E-state index is 12.3. The molecule has 7 nitrogen and oxygen atoms in total. The van der Waals surface area contributed by atoms with Crippen LogP contribution in [0.25, 0.3) is 17.0 Å². The fraction of sp³-hybridized carbons (Fsp3) is 0.250. The number of rotatable bonds is 8. The van der Waals surface area contributed by atoms with Gasteiger partial charge in [-0.25, -0.2) is 4.79 Å². The Morgan fingerprint density at radius 2 is 1.86 bits per heavy atom. The van der Waals surface area contributed by atoms with Gasteiger partial charge in [0.15, 0.2) is 6.61 Å². The molecule has 7 heteroatoms. The van der Waals surface area contributed by atoms with E-state index in [9.17, 15) is 9.59 Å². The molecule has 2 aromatic carbocycles. The molecule has 0 spiro atoms. The smallest absolute Gasteiger partial charge is 0.331 e. The average Bonchev–Trinajstić information content (AvgIpc) is 3.38. The number of furan rings is 1. The van der Waals surface area contributed by atoms with Crippen LogP contribution in [0.3, 0.4) is 0 Å². The first kappa shape index (κ1) is 24.0. The molecule has 0 aliphatic rings. The predicted octanol–water partition coefficient (Wildman–Crippen LogP) is 5.04.